The highest BCUT2D eigenvalue weighted by atomic mass is 32.2. The van der Waals surface area contributed by atoms with Crippen molar-refractivity contribution in [2.75, 3.05) is 26.0 Å². The molecule has 4 rings (SSSR count). The van der Waals surface area contributed by atoms with Gasteiger partial charge in [0, 0.05) is 30.8 Å². The number of nitrogens with zero attached hydrogens (tertiary/aromatic N) is 1. The average molecular weight is 586 g/mol. The van der Waals surface area contributed by atoms with Gasteiger partial charge in [-0.2, -0.15) is 0 Å². The summed E-state index contributed by atoms with van der Waals surface area (Å²) in [7, 11) is -3.47. The molecule has 0 aliphatic carbocycles. The molecule has 4 aromatic rings. The standard InChI is InChI=1S/C34H35NO6S/c1-42(39,40)31-19-9-17-29(24-31)34(38)35(21-10-12-26-11-8-18-30(23-26)41-25-33(36)37)22-20-32(27-13-4-2-5-14-27)28-15-6-3-7-16-28/h2-9,11,13-19,23-24,32H,10,12,20-22,25H2,1H3,(H,36,37). The predicted octanol–water partition coefficient (Wildman–Crippen LogP) is 5.85. The van der Waals surface area contributed by atoms with Crippen molar-refractivity contribution in [3.8, 4) is 5.75 Å². The largest absolute Gasteiger partial charge is 0.482 e. The summed E-state index contributed by atoms with van der Waals surface area (Å²) >= 11 is 0. The molecule has 0 atom stereocenters. The predicted molar refractivity (Wildman–Crippen MR) is 163 cm³/mol. The zero-order valence-corrected chi connectivity index (χ0v) is 24.4. The number of benzene rings is 4. The second-order valence-corrected chi connectivity index (χ2v) is 12.2. The number of carboxylic acid groups (broad SMARTS) is 1. The molecule has 7 nitrogen and oxygen atoms in total. The van der Waals surface area contributed by atoms with Gasteiger partial charge >= 0.3 is 5.97 Å². The number of aryl methyl sites for hydroxylation is 1. The Morgan fingerprint density at radius 1 is 0.810 bits per heavy atom. The van der Waals surface area contributed by atoms with Crippen LogP contribution >= 0.6 is 0 Å². The number of sulfone groups is 1. The number of hydrogen-bond acceptors (Lipinski definition) is 5. The molecule has 0 fully saturated rings. The number of carboxylic acids is 1. The van der Waals surface area contributed by atoms with Crippen LogP contribution in [-0.2, 0) is 21.1 Å². The van der Waals surface area contributed by atoms with Crippen LogP contribution < -0.4 is 4.74 Å². The fourth-order valence-corrected chi connectivity index (χ4v) is 5.62. The third-order valence-corrected chi connectivity index (χ3v) is 8.15. The van der Waals surface area contributed by atoms with Gasteiger partial charge in [0.15, 0.2) is 16.4 Å². The number of ether oxygens (including phenoxy) is 1. The Morgan fingerprint density at radius 2 is 1.45 bits per heavy atom. The highest BCUT2D eigenvalue weighted by molar-refractivity contribution is 7.90. The first-order chi connectivity index (χ1) is 20.2. The maximum Gasteiger partial charge on any atom is 0.341 e. The third kappa shape index (κ3) is 8.78. The van der Waals surface area contributed by atoms with Crippen LogP contribution in [0, 0.1) is 0 Å². The maximum atomic E-state index is 13.8. The van der Waals surface area contributed by atoms with Crippen LogP contribution in [0.5, 0.6) is 5.75 Å². The minimum absolute atomic E-state index is 0.0770. The van der Waals surface area contributed by atoms with E-state index in [2.05, 4.69) is 24.3 Å². The van der Waals surface area contributed by atoms with E-state index in [1.807, 2.05) is 54.6 Å². The summed E-state index contributed by atoms with van der Waals surface area (Å²) in [6.07, 6.45) is 3.12. The second kappa shape index (κ2) is 14.5. The first-order valence-corrected chi connectivity index (χ1v) is 15.7. The van der Waals surface area contributed by atoms with Gasteiger partial charge in [0.2, 0.25) is 0 Å². The Hall–Kier alpha value is -4.43. The molecule has 42 heavy (non-hydrogen) atoms. The van der Waals surface area contributed by atoms with Crippen molar-refractivity contribution in [3.63, 3.8) is 0 Å². The lowest BCUT2D eigenvalue weighted by Gasteiger charge is -2.26. The van der Waals surface area contributed by atoms with Gasteiger partial charge in [-0.25, -0.2) is 13.2 Å². The van der Waals surface area contributed by atoms with E-state index in [4.69, 9.17) is 9.84 Å². The molecule has 0 saturated carbocycles. The van der Waals surface area contributed by atoms with E-state index in [9.17, 15) is 18.0 Å². The lowest BCUT2D eigenvalue weighted by atomic mass is 9.88. The summed E-state index contributed by atoms with van der Waals surface area (Å²) in [4.78, 5) is 26.6. The zero-order chi connectivity index (χ0) is 30.0. The summed E-state index contributed by atoms with van der Waals surface area (Å²) in [5, 5.41) is 8.89. The minimum Gasteiger partial charge on any atom is -0.482 e. The number of carbonyl (C=O) groups is 2. The molecule has 0 unspecified atom stereocenters. The van der Waals surface area contributed by atoms with E-state index in [-0.39, 0.29) is 16.7 Å². The minimum atomic E-state index is -3.47. The van der Waals surface area contributed by atoms with Gasteiger partial charge in [-0.15, -0.1) is 0 Å². The van der Waals surface area contributed by atoms with Gasteiger partial charge in [-0.1, -0.05) is 78.9 Å². The van der Waals surface area contributed by atoms with Crippen molar-refractivity contribution in [2.45, 2.75) is 30.1 Å². The number of rotatable bonds is 14. The highest BCUT2D eigenvalue weighted by Crippen LogP contribution is 2.28. The Kier molecular flexibility index (Phi) is 10.5. The summed E-state index contributed by atoms with van der Waals surface area (Å²) in [5.41, 5.74) is 3.62. The Bertz CT molecular complexity index is 1550. The summed E-state index contributed by atoms with van der Waals surface area (Å²) < 4.78 is 29.7. The van der Waals surface area contributed by atoms with Gasteiger partial charge in [0.05, 0.1) is 4.90 Å². The smallest absolute Gasteiger partial charge is 0.341 e. The number of amides is 1. The fraction of sp³-hybridized carbons (Fsp3) is 0.235. The van der Waals surface area contributed by atoms with E-state index in [0.717, 1.165) is 22.9 Å². The number of hydrogen-bond donors (Lipinski definition) is 1. The van der Waals surface area contributed by atoms with E-state index in [0.29, 0.717) is 43.7 Å². The molecule has 1 amide bonds. The quantitative estimate of drug-likeness (QED) is 0.199. The number of carbonyl (C=O) groups excluding carboxylic acids is 1. The van der Waals surface area contributed by atoms with Gasteiger partial charge in [-0.05, 0) is 66.3 Å². The third-order valence-electron chi connectivity index (χ3n) is 7.04. The van der Waals surface area contributed by atoms with Crippen LogP contribution in [0.4, 0.5) is 0 Å². The topological polar surface area (TPSA) is 101 Å². The molecule has 0 spiro atoms. The molecule has 0 aliphatic heterocycles. The number of aliphatic carboxylic acids is 1. The van der Waals surface area contributed by atoms with Gasteiger partial charge in [0.1, 0.15) is 5.75 Å². The lowest BCUT2D eigenvalue weighted by molar-refractivity contribution is -0.139. The van der Waals surface area contributed by atoms with E-state index < -0.39 is 22.4 Å². The summed E-state index contributed by atoms with van der Waals surface area (Å²) in [5.74, 6) is -0.708. The molecular weight excluding hydrogens is 550 g/mol. The molecule has 0 bridgehead atoms. The molecule has 4 aromatic carbocycles. The molecule has 0 aliphatic rings. The fourth-order valence-electron chi connectivity index (χ4n) is 4.95. The first kappa shape index (κ1) is 30.5. The lowest BCUT2D eigenvalue weighted by Crippen LogP contribution is -2.34. The van der Waals surface area contributed by atoms with Gasteiger partial charge in [0.25, 0.3) is 5.91 Å². The van der Waals surface area contributed by atoms with Crippen LogP contribution in [0.2, 0.25) is 0 Å². The van der Waals surface area contributed by atoms with Crippen LogP contribution in [0.15, 0.2) is 114 Å². The average Bonchev–Trinajstić information content (AvgIpc) is 3.00. The summed E-state index contributed by atoms with van der Waals surface area (Å²) in [6.45, 7) is 0.513. The molecule has 0 saturated heterocycles. The molecule has 8 heteroatoms. The maximum absolute atomic E-state index is 13.8. The molecule has 0 radical (unpaired) electrons. The van der Waals surface area contributed by atoms with Crippen molar-refractivity contribution in [1.82, 2.24) is 4.90 Å². The Morgan fingerprint density at radius 3 is 2.07 bits per heavy atom. The zero-order valence-electron chi connectivity index (χ0n) is 23.6. The normalized spacial score (nSPS) is 11.3. The van der Waals surface area contributed by atoms with Crippen LogP contribution in [0.1, 0.15) is 45.8 Å². The van der Waals surface area contributed by atoms with Crippen LogP contribution in [-0.4, -0.2) is 56.3 Å². The molecule has 218 valence electrons. The van der Waals surface area contributed by atoms with E-state index in [1.54, 1.807) is 23.1 Å². The molecule has 0 heterocycles. The van der Waals surface area contributed by atoms with Crippen molar-refractivity contribution < 1.29 is 27.9 Å². The van der Waals surface area contributed by atoms with Crippen molar-refractivity contribution in [2.24, 2.45) is 0 Å². The molecule has 0 aromatic heterocycles. The van der Waals surface area contributed by atoms with Crippen molar-refractivity contribution >= 4 is 21.7 Å². The van der Waals surface area contributed by atoms with Crippen LogP contribution in [0.3, 0.4) is 0 Å². The monoisotopic (exact) mass is 585 g/mol. The van der Waals surface area contributed by atoms with Crippen molar-refractivity contribution in [1.29, 1.82) is 0 Å². The highest BCUT2D eigenvalue weighted by Gasteiger charge is 2.21. The van der Waals surface area contributed by atoms with E-state index >= 15 is 0 Å². The molecular formula is C34H35NO6S. The summed E-state index contributed by atoms with van der Waals surface area (Å²) in [6, 6.07) is 33.9. The van der Waals surface area contributed by atoms with Crippen molar-refractivity contribution in [3.05, 3.63) is 131 Å². The van der Waals surface area contributed by atoms with Gasteiger partial charge < -0.3 is 14.7 Å². The second-order valence-electron chi connectivity index (χ2n) is 10.2. The Balaban J connectivity index is 1.54. The first-order valence-electron chi connectivity index (χ1n) is 13.8. The SMILES string of the molecule is CS(=O)(=O)c1cccc(C(=O)N(CCCc2cccc(OCC(=O)O)c2)CCC(c2ccccc2)c2ccccc2)c1. The molecule has 1 N–H and O–H groups in total. The van der Waals surface area contributed by atoms with E-state index in [1.165, 1.54) is 12.1 Å². The van der Waals surface area contributed by atoms with Crippen LogP contribution in [0.25, 0.3) is 0 Å². The Labute approximate surface area is 247 Å². The van der Waals surface area contributed by atoms with Gasteiger partial charge in [-0.3, -0.25) is 4.79 Å².